The zero-order valence-corrected chi connectivity index (χ0v) is 19.7. The third-order valence-electron chi connectivity index (χ3n) is 5.08. The predicted molar refractivity (Wildman–Crippen MR) is 134 cm³/mol. The molecule has 1 heterocycles. The summed E-state index contributed by atoms with van der Waals surface area (Å²) >= 11 is 6.08. The second-order valence-electron chi connectivity index (χ2n) is 7.47. The van der Waals surface area contributed by atoms with Crippen LogP contribution in [-0.2, 0) is 6.61 Å². The Morgan fingerprint density at radius 2 is 1.83 bits per heavy atom. The van der Waals surface area contributed by atoms with Crippen LogP contribution >= 0.6 is 11.6 Å². The Hall–Kier alpha value is -4.10. The Kier molecular flexibility index (Phi) is 7.80. The molecule has 1 N–H and O–H groups in total. The van der Waals surface area contributed by atoms with E-state index in [2.05, 4.69) is 10.5 Å². The summed E-state index contributed by atoms with van der Waals surface area (Å²) in [6, 6.07) is 20.5. The standard InChI is InChI=1S/C27H23ClFN3O3/c1-2-34-26-15-19(9-12-25(26)35-18-20-10-11-21(29)16-23(20)28)17-30-31-27(33)22-7-3-4-8-24(22)32-13-5-6-14-32/h3-17H,2,18H2,1H3,(H,31,33). The second-order valence-corrected chi connectivity index (χ2v) is 7.88. The fourth-order valence-corrected chi connectivity index (χ4v) is 3.62. The Bertz CT molecular complexity index is 1340. The Balaban J connectivity index is 1.44. The van der Waals surface area contributed by atoms with E-state index in [1.54, 1.807) is 36.4 Å². The van der Waals surface area contributed by atoms with Gasteiger partial charge in [-0.05, 0) is 67.1 Å². The predicted octanol–water partition coefficient (Wildman–Crippen LogP) is 6.01. The van der Waals surface area contributed by atoms with Crippen LogP contribution in [0.1, 0.15) is 28.4 Å². The highest BCUT2D eigenvalue weighted by atomic mass is 35.5. The maximum Gasteiger partial charge on any atom is 0.273 e. The van der Waals surface area contributed by atoms with Gasteiger partial charge in [-0.3, -0.25) is 4.79 Å². The Labute approximate surface area is 207 Å². The Morgan fingerprint density at radius 1 is 1.03 bits per heavy atom. The molecule has 0 saturated heterocycles. The molecule has 0 aliphatic heterocycles. The van der Waals surface area contributed by atoms with Crippen molar-refractivity contribution >= 4 is 23.7 Å². The number of amides is 1. The molecule has 35 heavy (non-hydrogen) atoms. The van der Waals surface area contributed by atoms with Crippen molar-refractivity contribution in [3.63, 3.8) is 0 Å². The van der Waals surface area contributed by atoms with Gasteiger partial charge in [0.05, 0.1) is 29.1 Å². The van der Waals surface area contributed by atoms with Gasteiger partial charge < -0.3 is 14.0 Å². The largest absolute Gasteiger partial charge is 0.490 e. The van der Waals surface area contributed by atoms with Crippen LogP contribution in [0.15, 0.2) is 90.3 Å². The van der Waals surface area contributed by atoms with Crippen molar-refractivity contribution in [1.29, 1.82) is 0 Å². The number of rotatable bonds is 9. The highest BCUT2D eigenvalue weighted by Gasteiger charge is 2.12. The van der Waals surface area contributed by atoms with Crippen LogP contribution in [0.3, 0.4) is 0 Å². The number of aromatic nitrogens is 1. The van der Waals surface area contributed by atoms with Crippen LogP contribution in [0.5, 0.6) is 11.5 Å². The fraction of sp³-hybridized carbons (Fsp3) is 0.111. The molecule has 0 spiro atoms. The number of hydrazone groups is 1. The lowest BCUT2D eigenvalue weighted by molar-refractivity contribution is 0.0955. The molecule has 0 unspecified atom stereocenters. The summed E-state index contributed by atoms with van der Waals surface area (Å²) in [5.41, 5.74) is 5.19. The monoisotopic (exact) mass is 491 g/mol. The highest BCUT2D eigenvalue weighted by molar-refractivity contribution is 6.31. The fourth-order valence-electron chi connectivity index (χ4n) is 3.40. The summed E-state index contributed by atoms with van der Waals surface area (Å²) < 4.78 is 26.7. The lowest BCUT2D eigenvalue weighted by Crippen LogP contribution is -2.19. The number of hydrogen-bond acceptors (Lipinski definition) is 4. The first kappa shape index (κ1) is 24.0. The SMILES string of the molecule is CCOc1cc(C=NNC(=O)c2ccccc2-n2cccc2)ccc1OCc1ccc(F)cc1Cl. The third-order valence-corrected chi connectivity index (χ3v) is 5.43. The molecule has 0 saturated carbocycles. The van der Waals surface area contributed by atoms with Crippen LogP contribution in [0.2, 0.25) is 5.02 Å². The van der Waals surface area contributed by atoms with E-state index >= 15 is 0 Å². The van der Waals surface area contributed by atoms with Crippen molar-refractivity contribution in [1.82, 2.24) is 9.99 Å². The van der Waals surface area contributed by atoms with Gasteiger partial charge in [0.25, 0.3) is 5.91 Å². The summed E-state index contributed by atoms with van der Waals surface area (Å²) in [7, 11) is 0. The average molecular weight is 492 g/mol. The first-order valence-corrected chi connectivity index (χ1v) is 11.3. The van der Waals surface area contributed by atoms with Crippen molar-refractivity contribution in [2.45, 2.75) is 13.5 Å². The number of benzene rings is 3. The van der Waals surface area contributed by atoms with Gasteiger partial charge in [-0.2, -0.15) is 5.10 Å². The molecule has 178 valence electrons. The second kappa shape index (κ2) is 11.4. The first-order valence-electron chi connectivity index (χ1n) is 10.9. The van der Waals surface area contributed by atoms with E-state index < -0.39 is 5.82 Å². The zero-order chi connectivity index (χ0) is 24.6. The first-order chi connectivity index (χ1) is 17.0. The van der Waals surface area contributed by atoms with Gasteiger partial charge in [0.15, 0.2) is 11.5 Å². The molecule has 8 heteroatoms. The van der Waals surface area contributed by atoms with Crippen LogP contribution in [0.4, 0.5) is 4.39 Å². The smallest absolute Gasteiger partial charge is 0.273 e. The molecule has 1 amide bonds. The number of hydrogen-bond donors (Lipinski definition) is 1. The molecule has 0 fully saturated rings. The lowest BCUT2D eigenvalue weighted by atomic mass is 10.1. The van der Waals surface area contributed by atoms with E-state index in [9.17, 15) is 9.18 Å². The molecular formula is C27H23ClFN3O3. The maximum atomic E-state index is 13.3. The van der Waals surface area contributed by atoms with Crippen molar-refractivity contribution in [3.8, 4) is 17.2 Å². The van der Waals surface area contributed by atoms with Crippen molar-refractivity contribution in [2.24, 2.45) is 5.10 Å². The van der Waals surface area contributed by atoms with Crippen LogP contribution < -0.4 is 14.9 Å². The molecule has 4 aromatic rings. The van der Waals surface area contributed by atoms with Crippen LogP contribution in [0, 0.1) is 5.82 Å². The summed E-state index contributed by atoms with van der Waals surface area (Å²) in [5.74, 6) is 0.289. The van der Waals surface area contributed by atoms with E-state index in [1.807, 2.05) is 48.1 Å². The number of para-hydroxylation sites is 1. The van der Waals surface area contributed by atoms with Crippen molar-refractivity contribution in [2.75, 3.05) is 6.61 Å². The van der Waals surface area contributed by atoms with E-state index in [4.69, 9.17) is 21.1 Å². The quantitative estimate of drug-likeness (QED) is 0.230. The van der Waals surface area contributed by atoms with Gasteiger partial charge in [0.2, 0.25) is 0 Å². The molecule has 0 aliphatic rings. The number of ether oxygens (including phenoxy) is 2. The minimum Gasteiger partial charge on any atom is -0.490 e. The zero-order valence-electron chi connectivity index (χ0n) is 18.9. The highest BCUT2D eigenvalue weighted by Crippen LogP contribution is 2.30. The van der Waals surface area contributed by atoms with E-state index in [-0.39, 0.29) is 12.5 Å². The molecule has 0 atom stereocenters. The minimum absolute atomic E-state index is 0.156. The topological polar surface area (TPSA) is 64.8 Å². The Morgan fingerprint density at radius 3 is 2.60 bits per heavy atom. The lowest BCUT2D eigenvalue weighted by Gasteiger charge is -2.13. The maximum absolute atomic E-state index is 13.3. The third kappa shape index (κ3) is 6.07. The van der Waals surface area contributed by atoms with Gasteiger partial charge >= 0.3 is 0 Å². The van der Waals surface area contributed by atoms with Crippen molar-refractivity contribution < 1.29 is 18.7 Å². The van der Waals surface area contributed by atoms with Gasteiger partial charge in [0, 0.05) is 18.0 Å². The molecule has 0 radical (unpaired) electrons. The average Bonchev–Trinajstić information content (AvgIpc) is 3.39. The molecule has 0 bridgehead atoms. The van der Waals surface area contributed by atoms with Gasteiger partial charge in [-0.1, -0.05) is 29.8 Å². The summed E-state index contributed by atoms with van der Waals surface area (Å²) in [5, 5.41) is 4.39. The number of carbonyl (C=O) groups excluding carboxylic acids is 1. The number of nitrogens with one attached hydrogen (secondary N) is 1. The van der Waals surface area contributed by atoms with Gasteiger partial charge in [0.1, 0.15) is 12.4 Å². The van der Waals surface area contributed by atoms with Crippen LogP contribution in [-0.4, -0.2) is 23.3 Å². The summed E-state index contributed by atoms with van der Waals surface area (Å²) in [6.07, 6.45) is 5.27. The number of nitrogens with zero attached hydrogens (tertiary/aromatic N) is 2. The van der Waals surface area contributed by atoms with E-state index in [0.717, 1.165) is 5.69 Å². The van der Waals surface area contributed by atoms with Gasteiger partial charge in [-0.15, -0.1) is 0 Å². The van der Waals surface area contributed by atoms with Crippen molar-refractivity contribution in [3.05, 3.63) is 113 Å². The van der Waals surface area contributed by atoms with Crippen LogP contribution in [0.25, 0.3) is 5.69 Å². The molecule has 3 aromatic carbocycles. The normalized spacial score (nSPS) is 10.9. The molecule has 6 nitrogen and oxygen atoms in total. The summed E-state index contributed by atoms with van der Waals surface area (Å²) in [4.78, 5) is 12.7. The molecule has 0 aliphatic carbocycles. The molecule has 1 aromatic heterocycles. The van der Waals surface area contributed by atoms with E-state index in [1.165, 1.54) is 18.3 Å². The number of carbonyl (C=O) groups is 1. The molecular weight excluding hydrogens is 469 g/mol. The van der Waals surface area contributed by atoms with Gasteiger partial charge in [-0.25, -0.2) is 9.82 Å². The minimum atomic E-state index is -0.405. The number of halogens is 2. The summed E-state index contributed by atoms with van der Waals surface area (Å²) in [6.45, 7) is 2.45. The van der Waals surface area contributed by atoms with E-state index in [0.29, 0.717) is 39.8 Å². The molecule has 4 rings (SSSR count).